The zero-order chi connectivity index (χ0) is 31.1. The van der Waals surface area contributed by atoms with Crippen LogP contribution >= 0.6 is 34.8 Å². The highest BCUT2D eigenvalue weighted by Gasteiger charge is 2.14. The molecule has 0 amide bonds. The van der Waals surface area contributed by atoms with Gasteiger partial charge in [-0.1, -0.05) is 23.2 Å². The Morgan fingerprint density at radius 1 is 0.628 bits per heavy atom. The maximum Gasteiger partial charge on any atom is 0.252 e. The number of halogens is 3. The number of nitrogens with zero attached hydrogens (tertiary/aromatic N) is 2. The number of hydrogen-bond acceptors (Lipinski definition) is 4. The van der Waals surface area contributed by atoms with Crippen LogP contribution in [0.4, 0.5) is 11.4 Å². The van der Waals surface area contributed by atoms with E-state index in [9.17, 15) is 9.59 Å². The lowest BCUT2D eigenvalue weighted by atomic mass is 10.0. The molecule has 0 saturated heterocycles. The lowest BCUT2D eigenvalue weighted by Gasteiger charge is -2.12. The van der Waals surface area contributed by atoms with Gasteiger partial charge in [0.25, 0.3) is 5.24 Å². The fourth-order valence-corrected chi connectivity index (χ4v) is 4.74. The minimum absolute atomic E-state index is 0.00572. The number of rotatable bonds is 5. The van der Waals surface area contributed by atoms with Gasteiger partial charge in [0.15, 0.2) is 5.78 Å². The molecule has 2 aromatic heterocycles. The highest BCUT2D eigenvalue weighted by Crippen LogP contribution is 2.25. The van der Waals surface area contributed by atoms with Crippen molar-refractivity contribution in [2.75, 3.05) is 38.0 Å². The molecule has 0 fully saturated rings. The van der Waals surface area contributed by atoms with Crippen molar-refractivity contribution in [3.63, 3.8) is 0 Å². The SMILES string of the molecule is CN(C)c1ccc(C(=O)Cl)cc1.CN(C)c1ccc(C(=O)c2c[nH]c3ccc(Cl)cc23)cc1.Clc1ccc2[nH]ccc2c1. The third-order valence-electron chi connectivity index (χ3n) is 6.66. The molecule has 6 aromatic rings. The zero-order valence-corrected chi connectivity index (χ0v) is 26.4. The quantitative estimate of drug-likeness (QED) is 0.147. The highest BCUT2D eigenvalue weighted by molar-refractivity contribution is 6.67. The van der Waals surface area contributed by atoms with Crippen molar-refractivity contribution in [2.24, 2.45) is 0 Å². The maximum atomic E-state index is 12.6. The number of H-pyrrole nitrogens is 2. The van der Waals surface area contributed by atoms with E-state index in [1.807, 2.05) is 117 Å². The zero-order valence-electron chi connectivity index (χ0n) is 24.2. The van der Waals surface area contributed by atoms with Crippen molar-refractivity contribution in [3.8, 4) is 0 Å². The Labute approximate surface area is 265 Å². The average Bonchev–Trinajstić information content (AvgIpc) is 3.64. The number of anilines is 2. The summed E-state index contributed by atoms with van der Waals surface area (Å²) in [5.41, 5.74) is 6.00. The molecular formula is C34H31Cl3N4O2. The molecule has 0 radical (unpaired) electrons. The summed E-state index contributed by atoms with van der Waals surface area (Å²) in [4.78, 5) is 33.5. The van der Waals surface area contributed by atoms with Crippen LogP contribution < -0.4 is 9.80 Å². The van der Waals surface area contributed by atoms with Gasteiger partial charge in [0.1, 0.15) is 0 Å². The van der Waals surface area contributed by atoms with Gasteiger partial charge in [0.05, 0.1) is 0 Å². The van der Waals surface area contributed by atoms with Crippen LogP contribution in [0.5, 0.6) is 0 Å². The van der Waals surface area contributed by atoms with Gasteiger partial charge in [-0.15, -0.1) is 0 Å². The summed E-state index contributed by atoms with van der Waals surface area (Å²) in [6, 6.07) is 28.0. The van der Waals surface area contributed by atoms with E-state index in [4.69, 9.17) is 34.8 Å². The fourth-order valence-electron chi connectivity index (χ4n) is 4.26. The lowest BCUT2D eigenvalue weighted by Crippen LogP contribution is -2.09. The van der Waals surface area contributed by atoms with Gasteiger partial charge in [0.2, 0.25) is 0 Å². The highest BCUT2D eigenvalue weighted by atomic mass is 35.5. The van der Waals surface area contributed by atoms with Gasteiger partial charge in [-0.05, 0) is 103 Å². The van der Waals surface area contributed by atoms with E-state index in [1.165, 1.54) is 0 Å². The number of hydrogen-bond donors (Lipinski definition) is 2. The summed E-state index contributed by atoms with van der Waals surface area (Å²) in [6.07, 6.45) is 3.64. The normalized spacial score (nSPS) is 10.4. The van der Waals surface area contributed by atoms with Gasteiger partial charge < -0.3 is 19.8 Å². The molecule has 6 nitrogen and oxygen atoms in total. The molecule has 0 aliphatic heterocycles. The smallest absolute Gasteiger partial charge is 0.252 e. The molecule has 2 heterocycles. The predicted octanol–water partition coefficient (Wildman–Crippen LogP) is 9.07. The summed E-state index contributed by atoms with van der Waals surface area (Å²) in [7, 11) is 7.83. The molecule has 9 heteroatoms. The van der Waals surface area contributed by atoms with Crippen LogP contribution in [0.25, 0.3) is 21.8 Å². The van der Waals surface area contributed by atoms with Crippen molar-refractivity contribution in [2.45, 2.75) is 0 Å². The Hall–Kier alpha value is -4.23. The number of benzene rings is 4. The van der Waals surface area contributed by atoms with E-state index in [1.54, 1.807) is 24.4 Å². The summed E-state index contributed by atoms with van der Waals surface area (Å²) in [5.74, 6) is -0.00572. The summed E-state index contributed by atoms with van der Waals surface area (Å²) in [5, 5.41) is 3.00. The van der Waals surface area contributed by atoms with E-state index in [0.717, 1.165) is 38.2 Å². The van der Waals surface area contributed by atoms with Gasteiger partial charge >= 0.3 is 0 Å². The van der Waals surface area contributed by atoms with Crippen LogP contribution in [0.2, 0.25) is 10.0 Å². The minimum Gasteiger partial charge on any atom is -0.378 e. The van der Waals surface area contributed by atoms with Crippen LogP contribution in [0, 0.1) is 0 Å². The van der Waals surface area contributed by atoms with Crippen molar-refractivity contribution in [3.05, 3.63) is 130 Å². The molecule has 220 valence electrons. The van der Waals surface area contributed by atoms with E-state index in [2.05, 4.69) is 9.97 Å². The third kappa shape index (κ3) is 8.20. The van der Waals surface area contributed by atoms with Crippen LogP contribution in [-0.4, -0.2) is 49.2 Å². The Bertz CT molecular complexity index is 1840. The molecule has 0 unspecified atom stereocenters. The van der Waals surface area contributed by atoms with E-state index < -0.39 is 5.24 Å². The van der Waals surface area contributed by atoms with Crippen LogP contribution in [0.15, 0.2) is 103 Å². The number of aromatic nitrogens is 2. The standard InChI is InChI=1S/C17H15ClN2O.C9H10ClNO.C8H6ClN/c1-20(2)13-6-3-11(4-7-13)17(21)15-10-19-16-8-5-12(18)9-14(15)16;1-11(2)8-5-3-7(4-6-8)9(10)12;9-7-1-2-8-6(5-7)3-4-10-8/h3-10,19H,1-2H3;3-6H,1-2H3;1-5,10H. The molecule has 0 aliphatic rings. The first-order valence-electron chi connectivity index (χ1n) is 13.3. The third-order valence-corrected chi connectivity index (χ3v) is 7.35. The number of fused-ring (bicyclic) bond motifs is 2. The van der Waals surface area contributed by atoms with E-state index in [-0.39, 0.29) is 5.78 Å². The number of carbonyl (C=O) groups excluding carboxylic acids is 2. The molecule has 0 atom stereocenters. The lowest BCUT2D eigenvalue weighted by molar-refractivity contribution is 0.103. The summed E-state index contributed by atoms with van der Waals surface area (Å²) >= 11 is 17.1. The van der Waals surface area contributed by atoms with Crippen molar-refractivity contribution < 1.29 is 9.59 Å². The first-order chi connectivity index (χ1) is 20.5. The van der Waals surface area contributed by atoms with E-state index in [0.29, 0.717) is 21.7 Å². The topological polar surface area (TPSA) is 72.2 Å². The second-order valence-corrected chi connectivity index (χ2v) is 11.3. The van der Waals surface area contributed by atoms with Gasteiger partial charge in [-0.25, -0.2) is 0 Å². The molecule has 2 N–H and O–H groups in total. The fraction of sp³-hybridized carbons (Fsp3) is 0.118. The monoisotopic (exact) mass is 632 g/mol. The Morgan fingerprint density at radius 2 is 1.16 bits per heavy atom. The molecule has 0 aliphatic carbocycles. The minimum atomic E-state index is -0.416. The Kier molecular flexibility index (Phi) is 10.5. The summed E-state index contributed by atoms with van der Waals surface area (Å²) < 4.78 is 0. The average molecular weight is 634 g/mol. The van der Waals surface area contributed by atoms with Crippen LogP contribution in [0.1, 0.15) is 26.3 Å². The predicted molar refractivity (Wildman–Crippen MR) is 182 cm³/mol. The molecule has 0 bridgehead atoms. The molecule has 0 saturated carbocycles. The first-order valence-corrected chi connectivity index (χ1v) is 14.5. The van der Waals surface area contributed by atoms with Crippen LogP contribution in [-0.2, 0) is 0 Å². The van der Waals surface area contributed by atoms with Gasteiger partial charge in [-0.2, -0.15) is 0 Å². The van der Waals surface area contributed by atoms with Crippen LogP contribution in [0.3, 0.4) is 0 Å². The number of ketones is 1. The second-order valence-electron chi connectivity index (χ2n) is 10.1. The number of nitrogens with one attached hydrogen (secondary N) is 2. The van der Waals surface area contributed by atoms with Crippen molar-refractivity contribution >= 4 is 79.0 Å². The Balaban J connectivity index is 0.000000162. The molecule has 0 spiro atoms. The summed E-state index contributed by atoms with van der Waals surface area (Å²) in [6.45, 7) is 0. The number of carbonyl (C=O) groups is 2. The van der Waals surface area contributed by atoms with Crippen molar-refractivity contribution in [1.82, 2.24) is 9.97 Å². The Morgan fingerprint density at radius 3 is 1.72 bits per heavy atom. The molecule has 43 heavy (non-hydrogen) atoms. The van der Waals surface area contributed by atoms with Gasteiger partial charge in [0, 0.05) is 101 Å². The molecular weight excluding hydrogens is 603 g/mol. The molecule has 4 aromatic carbocycles. The largest absolute Gasteiger partial charge is 0.378 e. The molecule has 6 rings (SSSR count). The first kappa shape index (κ1) is 31.7. The second kappa shape index (κ2) is 14.3. The van der Waals surface area contributed by atoms with E-state index >= 15 is 0 Å². The number of aromatic amines is 2. The maximum absolute atomic E-state index is 12.6. The van der Waals surface area contributed by atoms with Gasteiger partial charge in [-0.3, -0.25) is 9.59 Å². The van der Waals surface area contributed by atoms with Crippen molar-refractivity contribution in [1.29, 1.82) is 0 Å².